The van der Waals surface area contributed by atoms with Crippen molar-refractivity contribution in [1.82, 2.24) is 0 Å². The second-order valence-corrected chi connectivity index (χ2v) is 7.59. The Hall–Kier alpha value is -1.71. The van der Waals surface area contributed by atoms with Crippen molar-refractivity contribution in [3.8, 4) is 5.75 Å². The van der Waals surface area contributed by atoms with Crippen LogP contribution in [0, 0.1) is 19.8 Å². The van der Waals surface area contributed by atoms with Crippen molar-refractivity contribution in [2.45, 2.75) is 38.8 Å². The Balaban J connectivity index is 1.85. The summed E-state index contributed by atoms with van der Waals surface area (Å²) in [6.45, 7) is 5.14. The molecule has 3 atom stereocenters. The highest BCUT2D eigenvalue weighted by molar-refractivity contribution is 6.30. The van der Waals surface area contributed by atoms with Crippen LogP contribution < -0.4 is 10.1 Å². The number of rotatable bonds is 2. The molecule has 0 amide bonds. The minimum Gasteiger partial charge on any atom is -0.496 e. The number of halogens is 1. The van der Waals surface area contributed by atoms with E-state index in [1.165, 1.54) is 22.4 Å². The summed E-state index contributed by atoms with van der Waals surface area (Å²) in [5.41, 5.74) is 6.14. The molecule has 132 valence electrons. The molecular weight excluding hydrogens is 334 g/mol. The van der Waals surface area contributed by atoms with Crippen LogP contribution in [0.15, 0.2) is 30.3 Å². The second kappa shape index (κ2) is 6.54. The third-order valence-electron chi connectivity index (χ3n) is 5.44. The Labute approximate surface area is 154 Å². The van der Waals surface area contributed by atoms with Gasteiger partial charge in [-0.15, -0.1) is 0 Å². The van der Waals surface area contributed by atoms with Crippen molar-refractivity contribution < 1.29 is 9.47 Å². The number of nitrogens with one attached hydrogen (secondary N) is 1. The number of hydrogen-bond donors (Lipinski definition) is 1. The fraction of sp³-hybridized carbons (Fsp3) is 0.429. The first kappa shape index (κ1) is 16.7. The van der Waals surface area contributed by atoms with Crippen molar-refractivity contribution in [2.24, 2.45) is 5.92 Å². The van der Waals surface area contributed by atoms with E-state index in [1.807, 2.05) is 18.2 Å². The zero-order valence-corrected chi connectivity index (χ0v) is 15.7. The molecule has 1 unspecified atom stereocenters. The van der Waals surface area contributed by atoms with Gasteiger partial charge in [0.05, 0.1) is 19.3 Å². The Morgan fingerprint density at radius 1 is 1.16 bits per heavy atom. The lowest BCUT2D eigenvalue weighted by Gasteiger charge is -2.44. The largest absolute Gasteiger partial charge is 0.496 e. The smallest absolute Gasteiger partial charge is 0.124 e. The van der Waals surface area contributed by atoms with E-state index in [1.54, 1.807) is 7.11 Å². The third kappa shape index (κ3) is 2.90. The summed E-state index contributed by atoms with van der Waals surface area (Å²) in [5, 5.41) is 4.52. The van der Waals surface area contributed by atoms with Gasteiger partial charge in [0.2, 0.25) is 0 Å². The molecule has 1 N–H and O–H groups in total. The van der Waals surface area contributed by atoms with Crippen molar-refractivity contribution >= 4 is 17.3 Å². The van der Waals surface area contributed by atoms with Gasteiger partial charge in [0.1, 0.15) is 5.75 Å². The molecule has 25 heavy (non-hydrogen) atoms. The number of ether oxygens (including phenoxy) is 2. The molecule has 0 saturated carbocycles. The van der Waals surface area contributed by atoms with E-state index in [2.05, 4.69) is 31.3 Å². The fourth-order valence-corrected chi connectivity index (χ4v) is 4.59. The van der Waals surface area contributed by atoms with Crippen molar-refractivity contribution in [1.29, 1.82) is 0 Å². The first-order valence-corrected chi connectivity index (χ1v) is 9.29. The van der Waals surface area contributed by atoms with Crippen LogP contribution >= 0.6 is 11.6 Å². The number of fused-ring (bicyclic) bond motifs is 3. The summed E-state index contributed by atoms with van der Waals surface area (Å²) in [6, 6.07) is 10.5. The van der Waals surface area contributed by atoms with E-state index in [9.17, 15) is 0 Å². The molecule has 1 fully saturated rings. The minimum absolute atomic E-state index is 0.122. The number of anilines is 1. The van der Waals surface area contributed by atoms with Crippen molar-refractivity contribution in [3.63, 3.8) is 0 Å². The summed E-state index contributed by atoms with van der Waals surface area (Å²) in [4.78, 5) is 0. The van der Waals surface area contributed by atoms with Gasteiger partial charge in [-0.05, 0) is 50.5 Å². The highest BCUT2D eigenvalue weighted by Crippen LogP contribution is 2.51. The lowest BCUT2D eigenvalue weighted by Crippen LogP contribution is -2.36. The topological polar surface area (TPSA) is 30.5 Å². The molecule has 0 spiro atoms. The number of methoxy groups -OCH3 is 1. The Morgan fingerprint density at radius 2 is 2.00 bits per heavy atom. The molecule has 2 aliphatic rings. The predicted octanol–water partition coefficient (Wildman–Crippen LogP) is 5.60. The maximum Gasteiger partial charge on any atom is 0.124 e. The van der Waals surface area contributed by atoms with Gasteiger partial charge in [0.15, 0.2) is 0 Å². The molecule has 0 radical (unpaired) electrons. The summed E-state index contributed by atoms with van der Waals surface area (Å²) in [7, 11) is 1.72. The molecule has 0 aliphatic carbocycles. The van der Waals surface area contributed by atoms with Gasteiger partial charge in [-0.3, -0.25) is 0 Å². The minimum atomic E-state index is 0.122. The van der Waals surface area contributed by atoms with Crippen LogP contribution in [-0.4, -0.2) is 13.7 Å². The van der Waals surface area contributed by atoms with Gasteiger partial charge in [0.25, 0.3) is 0 Å². The molecule has 4 rings (SSSR count). The van der Waals surface area contributed by atoms with Gasteiger partial charge in [-0.2, -0.15) is 0 Å². The van der Waals surface area contributed by atoms with Gasteiger partial charge < -0.3 is 14.8 Å². The highest BCUT2D eigenvalue weighted by Gasteiger charge is 2.41. The fourth-order valence-electron chi connectivity index (χ4n) is 4.41. The zero-order chi connectivity index (χ0) is 17.6. The van der Waals surface area contributed by atoms with Crippen LogP contribution in [0.2, 0.25) is 5.02 Å². The molecule has 3 nitrogen and oxygen atoms in total. The molecule has 0 aromatic heterocycles. The predicted molar refractivity (Wildman–Crippen MR) is 102 cm³/mol. The number of aryl methyl sites for hydroxylation is 2. The van der Waals surface area contributed by atoms with E-state index in [4.69, 9.17) is 21.1 Å². The van der Waals surface area contributed by atoms with Crippen LogP contribution in [0.3, 0.4) is 0 Å². The summed E-state index contributed by atoms with van der Waals surface area (Å²) in [5.74, 6) is 1.24. The summed E-state index contributed by atoms with van der Waals surface area (Å²) < 4.78 is 11.9. The molecule has 2 aromatic carbocycles. The number of benzene rings is 2. The van der Waals surface area contributed by atoms with Gasteiger partial charge in [-0.1, -0.05) is 29.3 Å². The average molecular weight is 358 g/mol. The number of hydrogen-bond acceptors (Lipinski definition) is 3. The molecule has 2 aliphatic heterocycles. The molecule has 0 bridgehead atoms. The second-order valence-electron chi connectivity index (χ2n) is 7.15. The first-order valence-electron chi connectivity index (χ1n) is 8.91. The van der Waals surface area contributed by atoms with E-state index in [0.717, 1.165) is 35.8 Å². The van der Waals surface area contributed by atoms with Crippen molar-refractivity contribution in [2.75, 3.05) is 19.0 Å². The molecule has 1 saturated heterocycles. The molecule has 4 heteroatoms. The Kier molecular flexibility index (Phi) is 4.38. The van der Waals surface area contributed by atoms with E-state index >= 15 is 0 Å². The van der Waals surface area contributed by atoms with Crippen LogP contribution in [0.5, 0.6) is 5.75 Å². The van der Waals surface area contributed by atoms with E-state index < -0.39 is 0 Å². The van der Waals surface area contributed by atoms with Crippen molar-refractivity contribution in [3.05, 3.63) is 57.6 Å². The lowest BCUT2D eigenvalue weighted by molar-refractivity contribution is -0.0383. The molecular formula is C21H24ClNO2. The molecule has 2 heterocycles. The van der Waals surface area contributed by atoms with Crippen LogP contribution in [0.4, 0.5) is 5.69 Å². The van der Waals surface area contributed by atoms with E-state index in [0.29, 0.717) is 5.92 Å². The Morgan fingerprint density at radius 3 is 2.80 bits per heavy atom. The Bertz CT molecular complexity index is 805. The van der Waals surface area contributed by atoms with Gasteiger partial charge in [-0.25, -0.2) is 0 Å². The zero-order valence-electron chi connectivity index (χ0n) is 14.9. The maximum absolute atomic E-state index is 6.31. The first-order chi connectivity index (χ1) is 12.1. The van der Waals surface area contributed by atoms with Crippen LogP contribution in [-0.2, 0) is 4.74 Å². The standard InChI is InChI=1S/C21H24ClNO2/c1-12-9-13(2)19-17(10-12)21-15(5-4-8-25-21)20(23-19)16-11-14(22)6-7-18(16)24-3/h6-7,9-11,15,20-21,23H,4-5,8H2,1-3H3/t15-,20?,21-/m0/s1. The summed E-state index contributed by atoms with van der Waals surface area (Å²) in [6.07, 6.45) is 2.34. The van der Waals surface area contributed by atoms with E-state index in [-0.39, 0.29) is 12.1 Å². The third-order valence-corrected chi connectivity index (χ3v) is 5.67. The normalized spacial score (nSPS) is 24.9. The highest BCUT2D eigenvalue weighted by atomic mass is 35.5. The SMILES string of the molecule is COc1ccc(Cl)cc1C1Nc2c(C)cc(C)cc2[C@H]2OCCC[C@@H]12. The van der Waals surface area contributed by atoms with Gasteiger partial charge >= 0.3 is 0 Å². The monoisotopic (exact) mass is 357 g/mol. The quantitative estimate of drug-likeness (QED) is 0.758. The summed E-state index contributed by atoms with van der Waals surface area (Å²) >= 11 is 6.31. The lowest BCUT2D eigenvalue weighted by atomic mass is 9.76. The van der Waals surface area contributed by atoms with Crippen LogP contribution in [0.25, 0.3) is 0 Å². The average Bonchev–Trinajstić information content (AvgIpc) is 2.61. The molecule has 2 aromatic rings. The van der Waals surface area contributed by atoms with Crippen LogP contribution in [0.1, 0.15) is 47.2 Å². The maximum atomic E-state index is 6.31. The van der Waals surface area contributed by atoms with Gasteiger partial charge in [0, 0.05) is 34.4 Å².